The first-order valence-corrected chi connectivity index (χ1v) is 5.89. The molecule has 2 N–H and O–H groups in total. The average molecular weight is 234 g/mol. The van der Waals surface area contributed by atoms with Crippen molar-refractivity contribution in [2.45, 2.75) is 25.5 Å². The van der Waals surface area contributed by atoms with E-state index in [0.29, 0.717) is 19.2 Å². The molecule has 0 saturated heterocycles. The minimum absolute atomic E-state index is 0.0105. The number of hydrogen-bond acceptors (Lipinski definition) is 3. The average Bonchev–Trinajstić information content (AvgIpc) is 3.13. The number of nitrogens with one attached hydrogen (secondary N) is 2. The second-order valence-corrected chi connectivity index (χ2v) is 4.33. The van der Waals surface area contributed by atoms with Crippen molar-refractivity contribution < 1.29 is 9.53 Å². The summed E-state index contributed by atoms with van der Waals surface area (Å²) in [6.45, 7) is 0.988. The summed E-state index contributed by atoms with van der Waals surface area (Å²) in [5.74, 6) is 0.0105. The molecule has 0 aliphatic heterocycles. The van der Waals surface area contributed by atoms with Crippen LogP contribution in [0.15, 0.2) is 24.3 Å². The van der Waals surface area contributed by atoms with Crippen molar-refractivity contribution in [3.8, 4) is 0 Å². The van der Waals surface area contributed by atoms with Gasteiger partial charge in [0.15, 0.2) is 0 Å². The van der Waals surface area contributed by atoms with Crippen molar-refractivity contribution in [3.05, 3.63) is 29.8 Å². The number of rotatable bonds is 6. The fourth-order valence-corrected chi connectivity index (χ4v) is 1.58. The Labute approximate surface area is 101 Å². The van der Waals surface area contributed by atoms with Crippen molar-refractivity contribution in [2.75, 3.05) is 19.0 Å². The first kappa shape index (κ1) is 12.1. The monoisotopic (exact) mass is 234 g/mol. The first-order chi connectivity index (χ1) is 8.28. The van der Waals surface area contributed by atoms with E-state index in [1.54, 1.807) is 7.11 Å². The zero-order chi connectivity index (χ0) is 12.1. The van der Waals surface area contributed by atoms with Gasteiger partial charge in [-0.1, -0.05) is 12.1 Å². The highest BCUT2D eigenvalue weighted by molar-refractivity contribution is 5.92. The molecule has 0 spiro atoms. The summed E-state index contributed by atoms with van der Waals surface area (Å²) in [7, 11) is 1.67. The van der Waals surface area contributed by atoms with Crippen LogP contribution in [0.3, 0.4) is 0 Å². The van der Waals surface area contributed by atoms with Crippen LogP contribution < -0.4 is 10.6 Å². The van der Waals surface area contributed by atoms with Gasteiger partial charge in [-0.05, 0) is 30.5 Å². The fraction of sp³-hybridized carbons (Fsp3) is 0.462. The van der Waals surface area contributed by atoms with Gasteiger partial charge in [0, 0.05) is 18.8 Å². The maximum absolute atomic E-state index is 11.6. The summed E-state index contributed by atoms with van der Waals surface area (Å²) in [6, 6.07) is 8.25. The summed E-state index contributed by atoms with van der Waals surface area (Å²) >= 11 is 0. The Hall–Kier alpha value is -1.39. The molecule has 0 heterocycles. The van der Waals surface area contributed by atoms with E-state index in [9.17, 15) is 4.79 Å². The number of anilines is 1. The van der Waals surface area contributed by atoms with Crippen LogP contribution in [-0.4, -0.2) is 25.6 Å². The number of benzene rings is 1. The van der Waals surface area contributed by atoms with Crippen molar-refractivity contribution in [2.24, 2.45) is 0 Å². The van der Waals surface area contributed by atoms with Crippen molar-refractivity contribution in [1.82, 2.24) is 5.32 Å². The molecule has 17 heavy (non-hydrogen) atoms. The number of carbonyl (C=O) groups is 1. The van der Waals surface area contributed by atoms with Gasteiger partial charge in [-0.25, -0.2) is 0 Å². The Kier molecular flexibility index (Phi) is 4.12. The van der Waals surface area contributed by atoms with Crippen LogP contribution in [0, 0.1) is 0 Å². The van der Waals surface area contributed by atoms with E-state index in [1.165, 1.54) is 12.8 Å². The lowest BCUT2D eigenvalue weighted by Gasteiger charge is -2.07. The van der Waals surface area contributed by atoms with E-state index in [4.69, 9.17) is 4.74 Å². The summed E-state index contributed by atoms with van der Waals surface area (Å²) in [6.07, 6.45) is 2.39. The summed E-state index contributed by atoms with van der Waals surface area (Å²) in [5.41, 5.74) is 1.93. The number of ether oxygens (including phenoxy) is 1. The van der Waals surface area contributed by atoms with Crippen LogP contribution in [0.1, 0.15) is 18.4 Å². The number of methoxy groups -OCH3 is 1. The molecule has 4 nitrogen and oxygen atoms in total. The van der Waals surface area contributed by atoms with Crippen LogP contribution in [-0.2, 0) is 16.1 Å². The fourth-order valence-electron chi connectivity index (χ4n) is 1.58. The smallest absolute Gasteiger partial charge is 0.238 e. The number of hydrogen-bond donors (Lipinski definition) is 2. The van der Waals surface area contributed by atoms with Gasteiger partial charge in [-0.15, -0.1) is 0 Å². The van der Waals surface area contributed by atoms with Gasteiger partial charge in [0.05, 0.1) is 13.2 Å². The van der Waals surface area contributed by atoms with E-state index in [1.807, 2.05) is 24.3 Å². The standard InChI is InChI=1S/C13H18N2O2/c1-17-9-10-2-4-12(5-3-10)15-13(16)8-14-11-6-7-11/h2-5,11,14H,6-9H2,1H3,(H,15,16). The molecule has 1 fully saturated rings. The minimum Gasteiger partial charge on any atom is -0.380 e. The molecular formula is C13H18N2O2. The normalized spacial score (nSPS) is 14.6. The summed E-state index contributed by atoms with van der Waals surface area (Å²) in [4.78, 5) is 11.6. The Morgan fingerprint density at radius 1 is 1.35 bits per heavy atom. The molecule has 92 valence electrons. The third-order valence-electron chi connectivity index (χ3n) is 2.68. The Morgan fingerprint density at radius 3 is 2.65 bits per heavy atom. The molecule has 0 radical (unpaired) electrons. The molecule has 0 bridgehead atoms. The molecule has 1 aromatic rings. The van der Waals surface area contributed by atoms with Crippen molar-refractivity contribution in [1.29, 1.82) is 0 Å². The van der Waals surface area contributed by atoms with E-state index in [0.717, 1.165) is 11.3 Å². The Morgan fingerprint density at radius 2 is 2.06 bits per heavy atom. The van der Waals surface area contributed by atoms with E-state index < -0.39 is 0 Å². The lowest BCUT2D eigenvalue weighted by Crippen LogP contribution is -2.29. The third kappa shape index (κ3) is 4.17. The molecule has 2 rings (SSSR count). The van der Waals surface area contributed by atoms with Gasteiger partial charge < -0.3 is 15.4 Å². The predicted molar refractivity (Wildman–Crippen MR) is 66.8 cm³/mol. The lowest BCUT2D eigenvalue weighted by atomic mass is 10.2. The number of carbonyl (C=O) groups excluding carboxylic acids is 1. The molecule has 0 aromatic heterocycles. The van der Waals surface area contributed by atoms with Crippen LogP contribution >= 0.6 is 0 Å². The molecule has 4 heteroatoms. The van der Waals surface area contributed by atoms with Gasteiger partial charge in [-0.3, -0.25) is 4.79 Å². The molecule has 1 aliphatic rings. The van der Waals surface area contributed by atoms with Crippen LogP contribution in [0.25, 0.3) is 0 Å². The SMILES string of the molecule is COCc1ccc(NC(=O)CNC2CC2)cc1. The molecule has 1 aromatic carbocycles. The molecule has 0 unspecified atom stereocenters. The quantitative estimate of drug-likeness (QED) is 0.784. The van der Waals surface area contributed by atoms with E-state index in [-0.39, 0.29) is 5.91 Å². The maximum Gasteiger partial charge on any atom is 0.238 e. The van der Waals surface area contributed by atoms with Crippen molar-refractivity contribution in [3.63, 3.8) is 0 Å². The van der Waals surface area contributed by atoms with Gasteiger partial charge in [0.1, 0.15) is 0 Å². The molecule has 1 aliphatic carbocycles. The summed E-state index contributed by atoms with van der Waals surface area (Å²) < 4.78 is 5.02. The zero-order valence-electron chi connectivity index (χ0n) is 10.0. The van der Waals surface area contributed by atoms with Crippen LogP contribution in [0.4, 0.5) is 5.69 Å². The highest BCUT2D eigenvalue weighted by Gasteiger charge is 2.20. The molecule has 1 saturated carbocycles. The molecule has 0 atom stereocenters. The van der Waals surface area contributed by atoms with Gasteiger partial charge in [0.25, 0.3) is 0 Å². The van der Waals surface area contributed by atoms with Gasteiger partial charge in [-0.2, -0.15) is 0 Å². The Bertz CT molecular complexity index is 372. The highest BCUT2D eigenvalue weighted by atomic mass is 16.5. The molecular weight excluding hydrogens is 216 g/mol. The lowest BCUT2D eigenvalue weighted by molar-refractivity contribution is -0.115. The van der Waals surface area contributed by atoms with Crippen LogP contribution in [0.2, 0.25) is 0 Å². The highest BCUT2D eigenvalue weighted by Crippen LogP contribution is 2.18. The van der Waals surface area contributed by atoms with Crippen molar-refractivity contribution >= 4 is 11.6 Å². The molecule has 1 amide bonds. The first-order valence-electron chi connectivity index (χ1n) is 5.89. The van der Waals surface area contributed by atoms with Gasteiger partial charge in [0.2, 0.25) is 5.91 Å². The van der Waals surface area contributed by atoms with Gasteiger partial charge >= 0.3 is 0 Å². The Balaban J connectivity index is 1.78. The van der Waals surface area contributed by atoms with Crippen LogP contribution in [0.5, 0.6) is 0 Å². The van der Waals surface area contributed by atoms with E-state index >= 15 is 0 Å². The number of amides is 1. The van der Waals surface area contributed by atoms with E-state index in [2.05, 4.69) is 10.6 Å². The summed E-state index contributed by atoms with van der Waals surface area (Å²) in [5, 5.41) is 6.03. The largest absolute Gasteiger partial charge is 0.380 e. The predicted octanol–water partition coefficient (Wildman–Crippen LogP) is 1.52. The topological polar surface area (TPSA) is 50.4 Å². The minimum atomic E-state index is 0.0105. The third-order valence-corrected chi connectivity index (χ3v) is 2.68. The zero-order valence-corrected chi connectivity index (χ0v) is 10.0. The maximum atomic E-state index is 11.6. The second-order valence-electron chi connectivity index (χ2n) is 4.33. The second kappa shape index (κ2) is 5.80.